The molecule has 0 aliphatic rings. The Bertz CT molecular complexity index is 846. The number of benzene rings is 2. The maximum Gasteiger partial charge on any atom is 0.242 e. The van der Waals surface area contributed by atoms with Crippen molar-refractivity contribution in [2.75, 3.05) is 12.3 Å². The van der Waals surface area contributed by atoms with Crippen LogP contribution in [-0.4, -0.2) is 35.1 Å². The van der Waals surface area contributed by atoms with E-state index >= 15 is 0 Å². The smallest absolute Gasteiger partial charge is 0.242 e. The van der Waals surface area contributed by atoms with Crippen LogP contribution in [0.4, 0.5) is 0 Å². The van der Waals surface area contributed by atoms with Gasteiger partial charge >= 0.3 is 0 Å². The van der Waals surface area contributed by atoms with Gasteiger partial charge in [0.25, 0.3) is 0 Å². The molecular formula is C21H23Cl3N2O2S. The standard InChI is InChI=1S/C21H23Cl3N2O2S/c1-3-25-21(28)14(2)26(11-16-6-9-18(23)10-19(16)24)20(27)13-29-12-15-4-7-17(22)8-5-15/h4-10,14H,3,11-13H2,1-2H3,(H,25,28)/t14-/m0/s1. The first-order valence-corrected chi connectivity index (χ1v) is 11.4. The molecule has 0 fully saturated rings. The minimum atomic E-state index is -0.620. The first kappa shape index (κ1) is 23.9. The molecule has 2 amide bonds. The largest absolute Gasteiger partial charge is 0.355 e. The van der Waals surface area contributed by atoms with E-state index in [-0.39, 0.29) is 24.1 Å². The van der Waals surface area contributed by atoms with E-state index in [1.165, 1.54) is 11.8 Å². The minimum absolute atomic E-state index is 0.131. The van der Waals surface area contributed by atoms with Crippen molar-refractivity contribution in [3.63, 3.8) is 0 Å². The van der Waals surface area contributed by atoms with E-state index in [2.05, 4.69) is 5.32 Å². The monoisotopic (exact) mass is 472 g/mol. The van der Waals surface area contributed by atoms with E-state index in [1.807, 2.05) is 31.2 Å². The Morgan fingerprint density at radius 3 is 2.34 bits per heavy atom. The molecule has 29 heavy (non-hydrogen) atoms. The van der Waals surface area contributed by atoms with Gasteiger partial charge in [0.1, 0.15) is 6.04 Å². The van der Waals surface area contributed by atoms with Crippen LogP contribution in [0.15, 0.2) is 42.5 Å². The molecule has 8 heteroatoms. The van der Waals surface area contributed by atoms with Crippen LogP contribution in [-0.2, 0) is 21.9 Å². The van der Waals surface area contributed by atoms with Crippen LogP contribution in [0.2, 0.25) is 15.1 Å². The predicted molar refractivity (Wildman–Crippen MR) is 123 cm³/mol. The molecule has 0 radical (unpaired) electrons. The number of likely N-dealkylation sites (N-methyl/N-ethyl adjacent to an activating group) is 1. The summed E-state index contributed by atoms with van der Waals surface area (Å²) < 4.78 is 0. The molecule has 2 aromatic carbocycles. The fourth-order valence-corrected chi connectivity index (χ4v) is 4.12. The van der Waals surface area contributed by atoms with E-state index in [4.69, 9.17) is 34.8 Å². The number of amides is 2. The Morgan fingerprint density at radius 2 is 1.72 bits per heavy atom. The normalized spacial score (nSPS) is 11.8. The number of carbonyl (C=O) groups is 2. The van der Waals surface area contributed by atoms with E-state index in [9.17, 15) is 9.59 Å². The van der Waals surface area contributed by atoms with Crippen molar-refractivity contribution in [2.45, 2.75) is 32.2 Å². The maximum atomic E-state index is 13.0. The van der Waals surface area contributed by atoms with Gasteiger partial charge in [0.05, 0.1) is 5.75 Å². The SMILES string of the molecule is CCNC(=O)[C@H](C)N(Cc1ccc(Cl)cc1Cl)C(=O)CSCc1ccc(Cl)cc1. The molecule has 0 aliphatic heterocycles. The molecule has 1 atom stereocenters. The summed E-state index contributed by atoms with van der Waals surface area (Å²) in [5.41, 5.74) is 1.82. The molecule has 2 aromatic rings. The van der Waals surface area contributed by atoms with Gasteiger partial charge in [-0.25, -0.2) is 0 Å². The second-order valence-corrected chi connectivity index (χ2v) is 8.71. The number of thioether (sulfide) groups is 1. The van der Waals surface area contributed by atoms with Gasteiger partial charge in [0.15, 0.2) is 0 Å². The molecule has 0 bridgehead atoms. The predicted octanol–water partition coefficient (Wildman–Crippen LogP) is 5.43. The van der Waals surface area contributed by atoms with Crippen LogP contribution in [0.1, 0.15) is 25.0 Å². The van der Waals surface area contributed by atoms with Gasteiger partial charge in [-0.2, -0.15) is 0 Å². The average Bonchev–Trinajstić information content (AvgIpc) is 2.68. The third-order valence-corrected chi connectivity index (χ3v) is 6.11. The first-order valence-electron chi connectivity index (χ1n) is 9.15. The van der Waals surface area contributed by atoms with Gasteiger partial charge in [-0.05, 0) is 49.2 Å². The van der Waals surface area contributed by atoms with E-state index in [0.717, 1.165) is 11.1 Å². The third-order valence-electron chi connectivity index (χ3n) is 4.28. The quantitative estimate of drug-likeness (QED) is 0.528. The molecule has 0 unspecified atom stereocenters. The summed E-state index contributed by atoms with van der Waals surface area (Å²) in [4.78, 5) is 26.9. The van der Waals surface area contributed by atoms with E-state index in [0.29, 0.717) is 27.4 Å². The van der Waals surface area contributed by atoms with Crippen LogP contribution >= 0.6 is 46.6 Å². The summed E-state index contributed by atoms with van der Waals surface area (Å²) in [7, 11) is 0. The number of hydrogen-bond acceptors (Lipinski definition) is 3. The van der Waals surface area contributed by atoms with Crippen LogP contribution in [0.25, 0.3) is 0 Å². The lowest BCUT2D eigenvalue weighted by Crippen LogP contribution is -2.48. The fraction of sp³-hybridized carbons (Fsp3) is 0.333. The van der Waals surface area contributed by atoms with E-state index in [1.54, 1.807) is 30.0 Å². The van der Waals surface area contributed by atoms with Crippen molar-refractivity contribution < 1.29 is 9.59 Å². The Balaban J connectivity index is 2.09. The van der Waals surface area contributed by atoms with Crippen molar-refractivity contribution in [1.29, 1.82) is 0 Å². The summed E-state index contributed by atoms with van der Waals surface area (Å²) in [5.74, 6) is 0.591. The van der Waals surface area contributed by atoms with Gasteiger partial charge in [-0.15, -0.1) is 11.8 Å². The zero-order valence-corrected chi connectivity index (χ0v) is 19.3. The summed E-state index contributed by atoms with van der Waals surface area (Å²) in [6.07, 6.45) is 0. The molecule has 0 heterocycles. The lowest BCUT2D eigenvalue weighted by molar-refractivity contribution is -0.138. The Hall–Kier alpha value is -1.40. The number of halogens is 3. The highest BCUT2D eigenvalue weighted by atomic mass is 35.5. The Labute approximate surface area is 190 Å². The van der Waals surface area contributed by atoms with E-state index < -0.39 is 6.04 Å². The summed E-state index contributed by atoms with van der Waals surface area (Å²) in [5, 5.41) is 4.43. The van der Waals surface area contributed by atoms with Crippen molar-refractivity contribution in [3.8, 4) is 0 Å². The van der Waals surface area contributed by atoms with Crippen molar-refractivity contribution in [1.82, 2.24) is 10.2 Å². The van der Waals surface area contributed by atoms with Gasteiger partial charge < -0.3 is 10.2 Å². The molecule has 0 spiro atoms. The highest BCUT2D eigenvalue weighted by molar-refractivity contribution is 7.99. The number of nitrogens with zero attached hydrogens (tertiary/aromatic N) is 1. The fourth-order valence-electron chi connectivity index (χ4n) is 2.66. The van der Waals surface area contributed by atoms with Crippen molar-refractivity contribution in [2.24, 2.45) is 0 Å². The number of nitrogens with one attached hydrogen (secondary N) is 1. The van der Waals surface area contributed by atoms with Crippen molar-refractivity contribution in [3.05, 3.63) is 68.7 Å². The van der Waals surface area contributed by atoms with Crippen LogP contribution in [0.5, 0.6) is 0 Å². The molecule has 0 aromatic heterocycles. The van der Waals surface area contributed by atoms with Crippen LogP contribution in [0, 0.1) is 0 Å². The maximum absolute atomic E-state index is 13.0. The van der Waals surface area contributed by atoms with Gasteiger partial charge in [0, 0.05) is 33.9 Å². The lowest BCUT2D eigenvalue weighted by atomic mass is 10.1. The topological polar surface area (TPSA) is 49.4 Å². The zero-order chi connectivity index (χ0) is 21.4. The number of rotatable bonds is 9. The zero-order valence-electron chi connectivity index (χ0n) is 16.3. The number of carbonyl (C=O) groups excluding carboxylic acids is 2. The summed E-state index contributed by atoms with van der Waals surface area (Å²) >= 11 is 19.6. The molecular weight excluding hydrogens is 451 g/mol. The molecule has 156 valence electrons. The van der Waals surface area contributed by atoms with Gasteiger partial charge in [-0.3, -0.25) is 9.59 Å². The second kappa shape index (κ2) is 11.7. The highest BCUT2D eigenvalue weighted by Crippen LogP contribution is 2.24. The number of hydrogen-bond donors (Lipinski definition) is 1. The molecule has 0 saturated carbocycles. The highest BCUT2D eigenvalue weighted by Gasteiger charge is 2.26. The average molecular weight is 474 g/mol. The van der Waals surface area contributed by atoms with Gasteiger partial charge in [0.2, 0.25) is 11.8 Å². The van der Waals surface area contributed by atoms with Crippen LogP contribution in [0.3, 0.4) is 0 Å². The molecule has 4 nitrogen and oxygen atoms in total. The Morgan fingerprint density at radius 1 is 1.07 bits per heavy atom. The van der Waals surface area contributed by atoms with Crippen molar-refractivity contribution >= 4 is 58.4 Å². The molecule has 0 saturated heterocycles. The molecule has 1 N–H and O–H groups in total. The minimum Gasteiger partial charge on any atom is -0.355 e. The summed E-state index contributed by atoms with van der Waals surface area (Å²) in [6, 6.07) is 12.0. The third kappa shape index (κ3) is 7.41. The Kier molecular flexibility index (Phi) is 9.63. The molecule has 2 rings (SSSR count). The first-order chi connectivity index (χ1) is 13.8. The van der Waals surface area contributed by atoms with Gasteiger partial charge in [-0.1, -0.05) is 53.0 Å². The second-order valence-electron chi connectivity index (χ2n) is 6.45. The molecule has 0 aliphatic carbocycles. The van der Waals surface area contributed by atoms with Crippen LogP contribution < -0.4 is 5.32 Å². The summed E-state index contributed by atoms with van der Waals surface area (Å²) in [6.45, 7) is 4.29. The lowest BCUT2D eigenvalue weighted by Gasteiger charge is -2.29.